The van der Waals surface area contributed by atoms with E-state index in [0.29, 0.717) is 6.42 Å². The van der Waals surface area contributed by atoms with Crippen LogP contribution in [-0.2, 0) is 9.59 Å². The van der Waals surface area contributed by atoms with Crippen molar-refractivity contribution in [2.24, 2.45) is 5.92 Å². The molecule has 0 saturated heterocycles. The number of carboxylic acids is 1. The third kappa shape index (κ3) is 8.23. The highest BCUT2D eigenvalue weighted by Crippen LogP contribution is 2.07. The minimum Gasteiger partial charge on any atom is -0.481 e. The average Bonchev–Trinajstić information content (AvgIpc) is 1.97. The lowest BCUT2D eigenvalue weighted by molar-refractivity contribution is -0.138. The second kappa shape index (κ2) is 7.22. The van der Waals surface area contributed by atoms with Crippen molar-refractivity contribution in [2.75, 3.05) is 0 Å². The van der Waals surface area contributed by atoms with E-state index in [-0.39, 0.29) is 30.7 Å². The van der Waals surface area contributed by atoms with E-state index in [1.807, 2.05) is 6.92 Å². The van der Waals surface area contributed by atoms with E-state index in [0.717, 1.165) is 0 Å². The predicted octanol–water partition coefficient (Wildman–Crippen LogP) is 0.763. The minimum absolute atomic E-state index is 0.00178. The maximum atomic E-state index is 11.4. The highest BCUT2D eigenvalue weighted by atomic mass is 16.4. The number of carbonyl (C=O) groups excluding carboxylic acids is 1. The molecule has 0 bridgehead atoms. The largest absolute Gasteiger partial charge is 0.481 e. The Kier molecular flexibility index (Phi) is 6.72. The smallest absolute Gasteiger partial charge is 0.303 e. The molecular formula is C11H21NO4. The molecule has 3 atom stereocenters. The van der Waals surface area contributed by atoms with Gasteiger partial charge in [-0.15, -0.1) is 0 Å². The van der Waals surface area contributed by atoms with Crippen molar-refractivity contribution in [3.05, 3.63) is 0 Å². The molecule has 0 saturated carbocycles. The molecule has 3 N–H and O–H groups in total. The van der Waals surface area contributed by atoms with E-state index in [4.69, 9.17) is 10.2 Å². The Morgan fingerprint density at radius 2 is 1.75 bits per heavy atom. The number of amides is 1. The van der Waals surface area contributed by atoms with Gasteiger partial charge >= 0.3 is 5.97 Å². The summed E-state index contributed by atoms with van der Waals surface area (Å²) in [4.78, 5) is 21.8. The fourth-order valence-electron chi connectivity index (χ4n) is 1.59. The molecule has 0 aliphatic carbocycles. The van der Waals surface area contributed by atoms with Gasteiger partial charge in [0.15, 0.2) is 0 Å². The molecule has 3 unspecified atom stereocenters. The summed E-state index contributed by atoms with van der Waals surface area (Å²) in [5.74, 6) is -1.23. The molecule has 0 aromatic heterocycles. The van der Waals surface area contributed by atoms with Crippen molar-refractivity contribution in [2.45, 2.75) is 52.2 Å². The van der Waals surface area contributed by atoms with Crippen LogP contribution < -0.4 is 5.32 Å². The van der Waals surface area contributed by atoms with Crippen LogP contribution in [0.15, 0.2) is 0 Å². The summed E-state index contributed by atoms with van der Waals surface area (Å²) in [5.41, 5.74) is 0. The van der Waals surface area contributed by atoms with E-state index in [9.17, 15) is 9.59 Å². The second-order valence-electron chi connectivity index (χ2n) is 4.46. The van der Waals surface area contributed by atoms with Gasteiger partial charge in [0.05, 0.1) is 6.10 Å². The SMILES string of the molecule is CC(O)CC(C)NC(=O)CC(C)CC(=O)O. The lowest BCUT2D eigenvalue weighted by Gasteiger charge is -2.16. The molecule has 5 nitrogen and oxygen atoms in total. The molecule has 0 rings (SSSR count). The molecule has 0 aromatic carbocycles. The van der Waals surface area contributed by atoms with Crippen molar-refractivity contribution < 1.29 is 19.8 Å². The van der Waals surface area contributed by atoms with Crippen LogP contribution in [0.4, 0.5) is 0 Å². The molecule has 5 heteroatoms. The summed E-state index contributed by atoms with van der Waals surface area (Å²) in [5, 5.41) is 20.4. The summed E-state index contributed by atoms with van der Waals surface area (Å²) in [6, 6.07) is -0.0930. The first-order valence-electron chi connectivity index (χ1n) is 5.50. The van der Waals surface area contributed by atoms with E-state index in [1.165, 1.54) is 0 Å². The van der Waals surface area contributed by atoms with Gasteiger partial charge < -0.3 is 15.5 Å². The highest BCUT2D eigenvalue weighted by molar-refractivity contribution is 5.77. The predicted molar refractivity (Wildman–Crippen MR) is 59.9 cm³/mol. The molecule has 0 spiro atoms. The summed E-state index contributed by atoms with van der Waals surface area (Å²) in [7, 11) is 0. The topological polar surface area (TPSA) is 86.6 Å². The van der Waals surface area contributed by atoms with Crippen LogP contribution in [0.25, 0.3) is 0 Å². The molecule has 0 radical (unpaired) electrons. The summed E-state index contributed by atoms with van der Waals surface area (Å²) >= 11 is 0. The Morgan fingerprint density at radius 3 is 2.19 bits per heavy atom. The van der Waals surface area contributed by atoms with E-state index in [1.54, 1.807) is 13.8 Å². The van der Waals surface area contributed by atoms with Crippen molar-refractivity contribution in [1.82, 2.24) is 5.32 Å². The van der Waals surface area contributed by atoms with Gasteiger partial charge in [0.1, 0.15) is 0 Å². The van der Waals surface area contributed by atoms with E-state index < -0.39 is 12.1 Å². The maximum absolute atomic E-state index is 11.4. The molecule has 0 aromatic rings. The van der Waals surface area contributed by atoms with Gasteiger partial charge in [-0.1, -0.05) is 6.92 Å². The first-order chi connectivity index (χ1) is 7.31. The second-order valence-corrected chi connectivity index (χ2v) is 4.46. The van der Waals surface area contributed by atoms with Crippen molar-refractivity contribution in [3.8, 4) is 0 Å². The number of nitrogens with one attached hydrogen (secondary N) is 1. The quantitative estimate of drug-likeness (QED) is 0.604. The number of aliphatic hydroxyl groups excluding tert-OH is 1. The van der Waals surface area contributed by atoms with Crippen molar-refractivity contribution >= 4 is 11.9 Å². The lowest BCUT2D eigenvalue weighted by atomic mass is 10.0. The zero-order valence-corrected chi connectivity index (χ0v) is 10.1. The maximum Gasteiger partial charge on any atom is 0.303 e. The summed E-state index contributed by atoms with van der Waals surface area (Å²) in [6.45, 7) is 5.20. The van der Waals surface area contributed by atoms with Crippen LogP contribution in [0.1, 0.15) is 40.0 Å². The number of carbonyl (C=O) groups is 2. The standard InChI is InChI=1S/C11H21NO4/c1-7(5-11(15)16)4-10(14)12-8(2)6-9(3)13/h7-9,13H,4-6H2,1-3H3,(H,12,14)(H,15,16). The number of aliphatic carboxylic acids is 1. The zero-order chi connectivity index (χ0) is 12.7. The van der Waals surface area contributed by atoms with Crippen molar-refractivity contribution in [1.29, 1.82) is 0 Å². The Bertz CT molecular complexity index is 240. The molecular weight excluding hydrogens is 210 g/mol. The Balaban J connectivity index is 3.85. The third-order valence-corrected chi connectivity index (χ3v) is 2.16. The fraction of sp³-hybridized carbons (Fsp3) is 0.818. The van der Waals surface area contributed by atoms with Gasteiger partial charge in [-0.3, -0.25) is 9.59 Å². The van der Waals surface area contributed by atoms with Crippen LogP contribution in [0, 0.1) is 5.92 Å². The summed E-state index contributed by atoms with van der Waals surface area (Å²) in [6.07, 6.45) is 0.250. The van der Waals surface area contributed by atoms with E-state index >= 15 is 0 Å². The number of aliphatic hydroxyl groups is 1. The highest BCUT2D eigenvalue weighted by Gasteiger charge is 2.14. The Hall–Kier alpha value is -1.10. The number of rotatable bonds is 7. The molecule has 0 aliphatic heterocycles. The van der Waals surface area contributed by atoms with Crippen LogP contribution in [-0.4, -0.2) is 34.2 Å². The fourth-order valence-corrected chi connectivity index (χ4v) is 1.59. The molecule has 0 fully saturated rings. The Morgan fingerprint density at radius 1 is 1.19 bits per heavy atom. The minimum atomic E-state index is -0.891. The first-order valence-corrected chi connectivity index (χ1v) is 5.50. The van der Waals surface area contributed by atoms with Gasteiger partial charge in [-0.2, -0.15) is 0 Å². The monoisotopic (exact) mass is 231 g/mol. The molecule has 0 heterocycles. The van der Waals surface area contributed by atoms with Crippen molar-refractivity contribution in [3.63, 3.8) is 0 Å². The lowest BCUT2D eigenvalue weighted by Crippen LogP contribution is -2.35. The number of carboxylic acid groups (broad SMARTS) is 1. The normalized spacial score (nSPS) is 16.2. The number of hydrogen-bond acceptors (Lipinski definition) is 3. The number of hydrogen-bond donors (Lipinski definition) is 3. The zero-order valence-electron chi connectivity index (χ0n) is 10.1. The van der Waals surface area contributed by atoms with Gasteiger partial charge in [0.2, 0.25) is 5.91 Å². The van der Waals surface area contributed by atoms with Gasteiger partial charge in [0, 0.05) is 18.9 Å². The van der Waals surface area contributed by atoms with Crippen LogP contribution in [0.5, 0.6) is 0 Å². The van der Waals surface area contributed by atoms with Crippen LogP contribution in [0.2, 0.25) is 0 Å². The average molecular weight is 231 g/mol. The van der Waals surface area contributed by atoms with Gasteiger partial charge in [-0.25, -0.2) is 0 Å². The molecule has 0 aliphatic rings. The Labute approximate surface area is 95.9 Å². The van der Waals surface area contributed by atoms with Crippen LogP contribution >= 0.6 is 0 Å². The molecule has 16 heavy (non-hydrogen) atoms. The summed E-state index contributed by atoms with van der Waals surface area (Å²) < 4.78 is 0. The molecule has 94 valence electrons. The van der Waals surface area contributed by atoms with Gasteiger partial charge in [0.25, 0.3) is 0 Å². The third-order valence-electron chi connectivity index (χ3n) is 2.16. The van der Waals surface area contributed by atoms with E-state index in [2.05, 4.69) is 5.32 Å². The van der Waals surface area contributed by atoms with Gasteiger partial charge in [-0.05, 0) is 26.2 Å². The molecule has 1 amide bonds. The van der Waals surface area contributed by atoms with Crippen LogP contribution in [0.3, 0.4) is 0 Å². The first kappa shape index (κ1) is 14.9.